The Kier molecular flexibility index (Phi) is 3.70. The second-order valence-corrected chi connectivity index (χ2v) is 5.57. The SMILES string of the molecule is Cc1ccc(F)cc1OC1CC(C)CC(C)C1. The van der Waals surface area contributed by atoms with Crippen LogP contribution in [0.2, 0.25) is 0 Å². The molecule has 0 spiro atoms. The van der Waals surface area contributed by atoms with E-state index in [1.165, 1.54) is 18.6 Å². The Morgan fingerprint density at radius 2 is 1.76 bits per heavy atom. The van der Waals surface area contributed by atoms with Crippen molar-refractivity contribution < 1.29 is 9.13 Å². The van der Waals surface area contributed by atoms with Gasteiger partial charge in [-0.1, -0.05) is 19.9 Å². The number of benzene rings is 1. The predicted octanol–water partition coefficient (Wildman–Crippen LogP) is 4.34. The van der Waals surface area contributed by atoms with Gasteiger partial charge in [-0.3, -0.25) is 0 Å². The summed E-state index contributed by atoms with van der Waals surface area (Å²) in [7, 11) is 0. The summed E-state index contributed by atoms with van der Waals surface area (Å²) >= 11 is 0. The molecule has 1 aromatic carbocycles. The van der Waals surface area contributed by atoms with Crippen LogP contribution >= 0.6 is 0 Å². The highest BCUT2D eigenvalue weighted by atomic mass is 19.1. The molecule has 1 saturated carbocycles. The Morgan fingerprint density at radius 1 is 1.12 bits per heavy atom. The molecular formula is C15H21FO. The fourth-order valence-corrected chi connectivity index (χ4v) is 2.85. The third-order valence-corrected chi connectivity index (χ3v) is 3.58. The van der Waals surface area contributed by atoms with Crippen molar-refractivity contribution in [2.24, 2.45) is 11.8 Å². The highest BCUT2D eigenvalue weighted by Crippen LogP contribution is 2.32. The van der Waals surface area contributed by atoms with E-state index in [0.717, 1.165) is 18.4 Å². The number of aryl methyl sites for hydroxylation is 1. The third kappa shape index (κ3) is 3.21. The lowest BCUT2D eigenvalue weighted by Gasteiger charge is -2.32. The predicted molar refractivity (Wildman–Crippen MR) is 67.7 cm³/mol. The molecule has 1 fully saturated rings. The van der Waals surface area contributed by atoms with Gasteiger partial charge < -0.3 is 4.74 Å². The fourth-order valence-electron chi connectivity index (χ4n) is 2.85. The zero-order valence-corrected chi connectivity index (χ0v) is 10.9. The Morgan fingerprint density at radius 3 is 2.41 bits per heavy atom. The molecule has 17 heavy (non-hydrogen) atoms. The van der Waals surface area contributed by atoms with Crippen LogP contribution in [0.1, 0.15) is 38.7 Å². The smallest absolute Gasteiger partial charge is 0.126 e. The van der Waals surface area contributed by atoms with Crippen molar-refractivity contribution in [2.75, 3.05) is 0 Å². The van der Waals surface area contributed by atoms with E-state index in [1.54, 1.807) is 6.07 Å². The van der Waals surface area contributed by atoms with Gasteiger partial charge in [0.15, 0.2) is 0 Å². The Bertz CT molecular complexity index is 379. The average Bonchev–Trinajstić information content (AvgIpc) is 2.22. The summed E-state index contributed by atoms with van der Waals surface area (Å²) in [5.41, 5.74) is 1.01. The van der Waals surface area contributed by atoms with Gasteiger partial charge in [0.1, 0.15) is 11.6 Å². The molecule has 2 rings (SSSR count). The highest BCUT2D eigenvalue weighted by Gasteiger charge is 2.25. The van der Waals surface area contributed by atoms with E-state index in [2.05, 4.69) is 13.8 Å². The van der Waals surface area contributed by atoms with Crippen molar-refractivity contribution in [3.05, 3.63) is 29.6 Å². The minimum atomic E-state index is -0.220. The fraction of sp³-hybridized carbons (Fsp3) is 0.600. The van der Waals surface area contributed by atoms with E-state index in [4.69, 9.17) is 4.74 Å². The van der Waals surface area contributed by atoms with Gasteiger partial charge in [-0.2, -0.15) is 0 Å². The van der Waals surface area contributed by atoms with Crippen LogP contribution in [0.25, 0.3) is 0 Å². The summed E-state index contributed by atoms with van der Waals surface area (Å²) in [4.78, 5) is 0. The van der Waals surface area contributed by atoms with Crippen molar-refractivity contribution in [1.82, 2.24) is 0 Å². The second-order valence-electron chi connectivity index (χ2n) is 5.57. The minimum Gasteiger partial charge on any atom is -0.490 e. The first kappa shape index (κ1) is 12.4. The van der Waals surface area contributed by atoms with E-state index >= 15 is 0 Å². The lowest BCUT2D eigenvalue weighted by Crippen LogP contribution is -2.28. The molecule has 0 heterocycles. The van der Waals surface area contributed by atoms with Crippen molar-refractivity contribution in [3.8, 4) is 5.75 Å². The summed E-state index contributed by atoms with van der Waals surface area (Å²) in [6.07, 6.45) is 3.69. The van der Waals surface area contributed by atoms with Crippen LogP contribution in [0.5, 0.6) is 5.75 Å². The molecule has 0 bridgehead atoms. The molecule has 1 aliphatic carbocycles. The molecule has 1 aromatic rings. The lowest BCUT2D eigenvalue weighted by atomic mass is 9.82. The maximum absolute atomic E-state index is 13.2. The quantitative estimate of drug-likeness (QED) is 0.742. The number of halogens is 1. The van der Waals surface area contributed by atoms with Crippen LogP contribution in [0, 0.1) is 24.6 Å². The van der Waals surface area contributed by atoms with Crippen molar-refractivity contribution in [1.29, 1.82) is 0 Å². The molecule has 94 valence electrons. The Labute approximate surface area is 103 Å². The van der Waals surface area contributed by atoms with Gasteiger partial charge in [-0.15, -0.1) is 0 Å². The summed E-state index contributed by atoms with van der Waals surface area (Å²) in [6.45, 7) is 6.50. The topological polar surface area (TPSA) is 9.23 Å². The zero-order valence-electron chi connectivity index (χ0n) is 10.9. The minimum absolute atomic E-state index is 0.220. The van der Waals surface area contributed by atoms with E-state index < -0.39 is 0 Å². The first-order valence-electron chi connectivity index (χ1n) is 6.47. The Balaban J connectivity index is 2.07. The summed E-state index contributed by atoms with van der Waals surface area (Å²) in [5, 5.41) is 0. The first-order chi connectivity index (χ1) is 8.04. The van der Waals surface area contributed by atoms with Crippen LogP contribution in [0.15, 0.2) is 18.2 Å². The standard InChI is InChI=1S/C15H21FO/c1-10-6-11(2)8-14(7-10)17-15-9-13(16)5-4-12(15)3/h4-5,9-11,14H,6-8H2,1-3H3. The molecule has 2 unspecified atom stereocenters. The molecule has 0 saturated heterocycles. The second kappa shape index (κ2) is 5.07. The summed E-state index contributed by atoms with van der Waals surface area (Å²) in [5.74, 6) is 1.90. The van der Waals surface area contributed by atoms with E-state index in [9.17, 15) is 4.39 Å². The Hall–Kier alpha value is -1.05. The summed E-state index contributed by atoms with van der Waals surface area (Å²) < 4.78 is 19.1. The molecule has 0 N–H and O–H groups in total. The van der Waals surface area contributed by atoms with Gasteiger partial charge in [0, 0.05) is 6.07 Å². The largest absolute Gasteiger partial charge is 0.490 e. The van der Waals surface area contributed by atoms with Crippen molar-refractivity contribution in [2.45, 2.75) is 46.1 Å². The monoisotopic (exact) mass is 236 g/mol. The molecule has 1 nitrogen and oxygen atoms in total. The number of ether oxygens (including phenoxy) is 1. The number of hydrogen-bond donors (Lipinski definition) is 0. The third-order valence-electron chi connectivity index (χ3n) is 3.58. The van der Waals surface area contributed by atoms with E-state index in [1.807, 2.05) is 6.92 Å². The molecule has 0 aliphatic heterocycles. The molecular weight excluding hydrogens is 215 g/mol. The van der Waals surface area contributed by atoms with Gasteiger partial charge in [0.2, 0.25) is 0 Å². The number of rotatable bonds is 2. The van der Waals surface area contributed by atoms with Gasteiger partial charge in [0.25, 0.3) is 0 Å². The van der Waals surface area contributed by atoms with E-state index in [-0.39, 0.29) is 11.9 Å². The highest BCUT2D eigenvalue weighted by molar-refractivity contribution is 5.32. The maximum Gasteiger partial charge on any atom is 0.126 e. The first-order valence-corrected chi connectivity index (χ1v) is 6.47. The molecule has 2 atom stereocenters. The van der Waals surface area contributed by atoms with Crippen molar-refractivity contribution in [3.63, 3.8) is 0 Å². The normalized spacial score (nSPS) is 29.1. The van der Waals surface area contributed by atoms with Crippen LogP contribution in [0.3, 0.4) is 0 Å². The summed E-state index contributed by atoms with van der Waals surface area (Å²) in [6, 6.07) is 4.76. The van der Waals surface area contributed by atoms with Gasteiger partial charge in [-0.25, -0.2) is 4.39 Å². The van der Waals surface area contributed by atoms with Crippen LogP contribution in [-0.4, -0.2) is 6.10 Å². The van der Waals surface area contributed by atoms with Gasteiger partial charge in [-0.05, 0) is 49.7 Å². The van der Waals surface area contributed by atoms with Crippen LogP contribution in [0.4, 0.5) is 4.39 Å². The van der Waals surface area contributed by atoms with Crippen molar-refractivity contribution >= 4 is 0 Å². The van der Waals surface area contributed by atoms with Crippen LogP contribution < -0.4 is 4.74 Å². The van der Waals surface area contributed by atoms with E-state index in [0.29, 0.717) is 17.6 Å². The molecule has 1 aliphatic rings. The number of hydrogen-bond acceptors (Lipinski definition) is 1. The molecule has 0 amide bonds. The zero-order chi connectivity index (χ0) is 12.4. The average molecular weight is 236 g/mol. The van der Waals surface area contributed by atoms with Gasteiger partial charge in [0.05, 0.1) is 6.10 Å². The molecule has 0 aromatic heterocycles. The van der Waals surface area contributed by atoms with Crippen LogP contribution in [-0.2, 0) is 0 Å². The van der Waals surface area contributed by atoms with Gasteiger partial charge >= 0.3 is 0 Å². The molecule has 0 radical (unpaired) electrons. The lowest BCUT2D eigenvalue weighted by molar-refractivity contribution is 0.100. The maximum atomic E-state index is 13.2. The molecule has 2 heteroatoms.